The fraction of sp³-hybridized carbons (Fsp3) is 0.600. The number of benzene rings is 2. The Hall–Kier alpha value is -3.02. The molecule has 1 aliphatic heterocycles. The van der Waals surface area contributed by atoms with Crippen molar-refractivity contribution in [3.63, 3.8) is 0 Å². The first kappa shape index (κ1) is 32.5. The number of anilines is 2. The molecule has 3 rings (SSSR count). The van der Waals surface area contributed by atoms with Gasteiger partial charge in [0.25, 0.3) is 0 Å². The number of fused-ring (bicyclic) bond motifs is 3. The highest BCUT2D eigenvalue weighted by Crippen LogP contribution is 2.40. The van der Waals surface area contributed by atoms with E-state index in [-0.39, 0.29) is 6.67 Å². The summed E-state index contributed by atoms with van der Waals surface area (Å²) >= 11 is 0. The fourth-order valence-electron chi connectivity index (χ4n) is 5.43. The predicted molar refractivity (Wildman–Crippen MR) is 170 cm³/mol. The van der Waals surface area contributed by atoms with Gasteiger partial charge in [-0.15, -0.1) is 0 Å². The maximum Gasteiger partial charge on any atom is 0.415 e. The number of ether oxygens (including phenoxy) is 2. The molecule has 2 amide bonds. The highest BCUT2D eigenvalue weighted by atomic mass is 16.6. The summed E-state index contributed by atoms with van der Waals surface area (Å²) in [7, 11) is 0. The van der Waals surface area contributed by atoms with Crippen LogP contribution in [0.1, 0.15) is 117 Å². The summed E-state index contributed by atoms with van der Waals surface area (Å²) in [6, 6.07) is 15.5. The Labute approximate surface area is 248 Å². The number of amides is 2. The van der Waals surface area contributed by atoms with Crippen LogP contribution in [-0.2, 0) is 9.47 Å². The maximum absolute atomic E-state index is 13.4. The van der Waals surface area contributed by atoms with E-state index in [0.29, 0.717) is 13.2 Å². The lowest BCUT2D eigenvalue weighted by atomic mass is 10.0. The Bertz CT molecular complexity index is 959. The number of unbranched alkanes of at least 4 members (excludes halogenated alkanes) is 14. The van der Waals surface area contributed by atoms with E-state index in [1.54, 1.807) is 9.80 Å². The van der Waals surface area contributed by atoms with E-state index < -0.39 is 12.2 Å². The van der Waals surface area contributed by atoms with Crippen molar-refractivity contribution in [2.24, 2.45) is 0 Å². The van der Waals surface area contributed by atoms with E-state index in [1.165, 1.54) is 77.0 Å². The summed E-state index contributed by atoms with van der Waals surface area (Å²) < 4.78 is 11.5. The molecule has 0 aromatic heterocycles. The van der Waals surface area contributed by atoms with Crippen LogP contribution in [0.2, 0.25) is 0 Å². The van der Waals surface area contributed by atoms with Gasteiger partial charge in [0, 0.05) is 11.1 Å². The minimum Gasteiger partial charge on any atom is -0.449 e. The van der Waals surface area contributed by atoms with Crippen LogP contribution in [0.4, 0.5) is 21.0 Å². The molecule has 1 heterocycles. The van der Waals surface area contributed by atoms with Crippen LogP contribution in [-0.4, -0.2) is 32.1 Å². The van der Waals surface area contributed by atoms with Gasteiger partial charge in [-0.3, -0.25) is 9.80 Å². The number of hydrogen-bond acceptors (Lipinski definition) is 4. The number of hydrogen-bond donors (Lipinski definition) is 0. The molecule has 1 aliphatic rings. The van der Waals surface area contributed by atoms with Crippen LogP contribution >= 0.6 is 0 Å². The van der Waals surface area contributed by atoms with Crippen LogP contribution in [0.3, 0.4) is 0 Å². The van der Waals surface area contributed by atoms with Crippen molar-refractivity contribution in [1.29, 1.82) is 0 Å². The summed E-state index contributed by atoms with van der Waals surface area (Å²) in [5.74, 6) is 0. The third kappa shape index (κ3) is 10.7. The number of para-hydroxylation sites is 2. The van der Waals surface area contributed by atoms with Crippen molar-refractivity contribution >= 4 is 23.6 Å². The standard InChI is InChI=1S/C35H52N2O4/c1-3-5-7-9-11-13-15-21-27-40-34(38)36-29-37(35(39)41-28-22-16-14-12-10-8-6-4-2)33-26-20-18-24-31(33)30-23-17-19-25-32(30)36/h17-20,23-26H,3-16,21-22,27-29H2,1-2H3. The van der Waals surface area contributed by atoms with Gasteiger partial charge < -0.3 is 9.47 Å². The van der Waals surface area contributed by atoms with Gasteiger partial charge >= 0.3 is 12.2 Å². The van der Waals surface area contributed by atoms with E-state index in [0.717, 1.165) is 48.2 Å². The molecule has 6 nitrogen and oxygen atoms in total. The van der Waals surface area contributed by atoms with E-state index in [1.807, 2.05) is 48.5 Å². The summed E-state index contributed by atoms with van der Waals surface area (Å²) in [5.41, 5.74) is 3.26. The molecule has 0 atom stereocenters. The molecular formula is C35H52N2O4. The molecular weight excluding hydrogens is 512 g/mol. The highest BCUT2D eigenvalue weighted by Gasteiger charge is 2.32. The quantitative estimate of drug-likeness (QED) is 0.169. The third-order valence-electron chi connectivity index (χ3n) is 7.85. The van der Waals surface area contributed by atoms with Crippen LogP contribution in [0, 0.1) is 0 Å². The van der Waals surface area contributed by atoms with Gasteiger partial charge in [0.1, 0.15) is 6.67 Å². The van der Waals surface area contributed by atoms with Gasteiger partial charge in [-0.05, 0) is 25.0 Å². The average molecular weight is 565 g/mol. The zero-order chi connectivity index (χ0) is 29.1. The molecule has 0 aliphatic carbocycles. The van der Waals surface area contributed by atoms with Crippen molar-refractivity contribution in [1.82, 2.24) is 0 Å². The molecule has 6 heteroatoms. The summed E-state index contributed by atoms with van der Waals surface area (Å²) in [6.07, 6.45) is 18.1. The second-order valence-corrected chi connectivity index (χ2v) is 11.2. The van der Waals surface area contributed by atoms with Gasteiger partial charge in [0.05, 0.1) is 24.6 Å². The Morgan fingerprint density at radius 1 is 0.537 bits per heavy atom. The molecule has 0 spiro atoms. The molecule has 2 aromatic carbocycles. The fourth-order valence-corrected chi connectivity index (χ4v) is 5.43. The Balaban J connectivity index is 1.58. The second-order valence-electron chi connectivity index (χ2n) is 11.2. The van der Waals surface area contributed by atoms with Crippen molar-refractivity contribution in [2.45, 2.75) is 117 Å². The van der Waals surface area contributed by atoms with Crippen LogP contribution in [0.15, 0.2) is 48.5 Å². The summed E-state index contributed by atoms with van der Waals surface area (Å²) in [5, 5.41) is 0. The molecule has 226 valence electrons. The molecule has 0 bridgehead atoms. The zero-order valence-electron chi connectivity index (χ0n) is 25.6. The van der Waals surface area contributed by atoms with Crippen LogP contribution < -0.4 is 9.80 Å². The number of rotatable bonds is 18. The first-order valence-corrected chi connectivity index (χ1v) is 16.2. The van der Waals surface area contributed by atoms with Gasteiger partial charge in [0.2, 0.25) is 0 Å². The van der Waals surface area contributed by atoms with Crippen LogP contribution in [0.25, 0.3) is 11.1 Å². The highest BCUT2D eigenvalue weighted by molar-refractivity contribution is 6.03. The lowest BCUT2D eigenvalue weighted by Gasteiger charge is -2.27. The summed E-state index contributed by atoms with van der Waals surface area (Å²) in [4.78, 5) is 29.9. The monoisotopic (exact) mass is 564 g/mol. The molecule has 0 fully saturated rings. The van der Waals surface area contributed by atoms with E-state index in [4.69, 9.17) is 9.47 Å². The minimum atomic E-state index is -0.436. The lowest BCUT2D eigenvalue weighted by Crippen LogP contribution is -2.44. The molecule has 41 heavy (non-hydrogen) atoms. The maximum atomic E-state index is 13.4. The number of carbonyl (C=O) groups excluding carboxylic acids is 2. The number of carbonyl (C=O) groups is 2. The first-order chi connectivity index (χ1) is 20.2. The second kappa shape index (κ2) is 19.2. The number of nitrogens with zero attached hydrogens (tertiary/aromatic N) is 2. The average Bonchev–Trinajstić information content (AvgIpc) is 3.14. The molecule has 0 N–H and O–H groups in total. The van der Waals surface area contributed by atoms with Crippen LogP contribution in [0.5, 0.6) is 0 Å². The Kier molecular flexibility index (Phi) is 15.2. The molecule has 2 aromatic rings. The molecule has 0 unspecified atom stereocenters. The lowest BCUT2D eigenvalue weighted by molar-refractivity contribution is 0.146. The van der Waals surface area contributed by atoms with E-state index in [9.17, 15) is 9.59 Å². The zero-order valence-corrected chi connectivity index (χ0v) is 25.6. The molecule has 0 radical (unpaired) electrons. The third-order valence-corrected chi connectivity index (χ3v) is 7.85. The smallest absolute Gasteiger partial charge is 0.415 e. The van der Waals surface area contributed by atoms with Crippen molar-refractivity contribution in [3.8, 4) is 11.1 Å². The van der Waals surface area contributed by atoms with E-state index in [2.05, 4.69) is 13.8 Å². The Morgan fingerprint density at radius 3 is 1.27 bits per heavy atom. The minimum absolute atomic E-state index is 0.0422. The largest absolute Gasteiger partial charge is 0.449 e. The van der Waals surface area contributed by atoms with Gasteiger partial charge in [-0.1, -0.05) is 140 Å². The van der Waals surface area contributed by atoms with Gasteiger partial charge in [0.15, 0.2) is 0 Å². The van der Waals surface area contributed by atoms with Gasteiger partial charge in [-0.25, -0.2) is 9.59 Å². The summed E-state index contributed by atoms with van der Waals surface area (Å²) in [6.45, 7) is 5.26. The topological polar surface area (TPSA) is 59.1 Å². The van der Waals surface area contributed by atoms with Crippen molar-refractivity contribution in [3.05, 3.63) is 48.5 Å². The van der Waals surface area contributed by atoms with Crippen molar-refractivity contribution in [2.75, 3.05) is 29.7 Å². The SMILES string of the molecule is CCCCCCCCCCOC(=O)N1CN(C(=O)OCCCCCCCCCC)c2ccccc2-c2ccccc21. The normalized spacial score (nSPS) is 12.4. The Morgan fingerprint density at radius 2 is 0.878 bits per heavy atom. The molecule has 0 saturated carbocycles. The molecule has 0 saturated heterocycles. The first-order valence-electron chi connectivity index (χ1n) is 16.2. The van der Waals surface area contributed by atoms with Crippen molar-refractivity contribution < 1.29 is 19.1 Å². The van der Waals surface area contributed by atoms with E-state index >= 15 is 0 Å². The predicted octanol–water partition coefficient (Wildman–Crippen LogP) is 10.5. The van der Waals surface area contributed by atoms with Gasteiger partial charge in [-0.2, -0.15) is 0 Å².